The number of esters is 1. The number of hydrogen-bond donors (Lipinski definition) is 5. The van der Waals surface area contributed by atoms with E-state index in [2.05, 4.69) is 0 Å². The summed E-state index contributed by atoms with van der Waals surface area (Å²) in [5, 5.41) is 49.6. The summed E-state index contributed by atoms with van der Waals surface area (Å²) < 4.78 is 20.8. The number of fused-ring (bicyclic) bond motifs is 1. The maximum Gasteiger partial charge on any atom is 0.383 e. The maximum atomic E-state index is 12.4. The number of carbonyl (C=O) groups is 1. The first-order valence-electron chi connectivity index (χ1n) is 9.84. The highest BCUT2D eigenvalue weighted by molar-refractivity contribution is 5.92. The fraction of sp³-hybridized carbons (Fsp3) is 0.273. The molecule has 2 heterocycles. The van der Waals surface area contributed by atoms with Crippen molar-refractivity contribution in [1.29, 1.82) is 0 Å². The van der Waals surface area contributed by atoms with E-state index >= 15 is 0 Å². The monoisotopic (exact) mass is 460 g/mol. The van der Waals surface area contributed by atoms with Crippen LogP contribution in [0.1, 0.15) is 10.4 Å². The first-order chi connectivity index (χ1) is 15.8. The zero-order valence-electron chi connectivity index (χ0n) is 16.9. The standard InChI is InChI=1S/C22H20O11/c23-9-14-16(25)17(26)18(27)22(32-14)33-19-15(24)12-7-6-11(8-13(12)31-21(19)29)30-20(28)10-4-2-1-3-5-10/h1-8,14,16-18,22-27H,9H2/t14-,16+,17+,18-,22+/m1/s1. The van der Waals surface area contributed by atoms with Crippen molar-refractivity contribution in [1.82, 2.24) is 0 Å². The van der Waals surface area contributed by atoms with Crippen LogP contribution in [0.25, 0.3) is 11.0 Å². The first-order valence-corrected chi connectivity index (χ1v) is 9.84. The third-order valence-electron chi connectivity index (χ3n) is 5.11. The van der Waals surface area contributed by atoms with Crippen molar-refractivity contribution >= 4 is 16.9 Å². The molecular formula is C22H20O11. The summed E-state index contributed by atoms with van der Waals surface area (Å²) in [4.78, 5) is 24.6. The third kappa shape index (κ3) is 4.40. The number of aromatic hydroxyl groups is 1. The van der Waals surface area contributed by atoms with Crippen LogP contribution in [-0.2, 0) is 4.74 Å². The second-order valence-electron chi connectivity index (χ2n) is 7.30. The van der Waals surface area contributed by atoms with Gasteiger partial charge < -0.3 is 44.2 Å². The van der Waals surface area contributed by atoms with Gasteiger partial charge in [0, 0.05) is 6.07 Å². The first kappa shape index (κ1) is 22.7. The van der Waals surface area contributed by atoms with Gasteiger partial charge in [-0.3, -0.25) is 0 Å². The molecule has 2 aromatic carbocycles. The van der Waals surface area contributed by atoms with Crippen LogP contribution < -0.4 is 15.1 Å². The molecule has 0 aliphatic carbocycles. The highest BCUT2D eigenvalue weighted by Crippen LogP contribution is 2.35. The Hall–Kier alpha value is -3.48. The topological polar surface area (TPSA) is 176 Å². The molecule has 0 saturated carbocycles. The van der Waals surface area contributed by atoms with Crippen LogP contribution in [-0.4, -0.2) is 68.8 Å². The Bertz CT molecular complexity index is 1200. The number of hydrogen-bond acceptors (Lipinski definition) is 11. The summed E-state index contributed by atoms with van der Waals surface area (Å²) in [6.07, 6.45) is -8.12. The largest absolute Gasteiger partial charge is 0.504 e. The summed E-state index contributed by atoms with van der Waals surface area (Å²) >= 11 is 0. The van der Waals surface area contributed by atoms with Gasteiger partial charge in [-0.1, -0.05) is 18.2 Å². The smallest absolute Gasteiger partial charge is 0.383 e. The average Bonchev–Trinajstić information content (AvgIpc) is 2.82. The molecule has 1 aromatic heterocycles. The van der Waals surface area contributed by atoms with Crippen LogP contribution in [0.15, 0.2) is 57.7 Å². The SMILES string of the molecule is O=C(Oc1ccc2c(O)c(O[C@@H]3O[C@H](CO)[C@H](O)[C@H](O)[C@H]3O)c(=O)oc2c1)c1ccccc1. The molecule has 3 aromatic rings. The molecule has 0 amide bonds. The highest BCUT2D eigenvalue weighted by Gasteiger charge is 2.45. The van der Waals surface area contributed by atoms with Crippen molar-refractivity contribution in [3.8, 4) is 17.2 Å². The van der Waals surface area contributed by atoms with E-state index in [9.17, 15) is 35.1 Å². The summed E-state index contributed by atoms with van der Waals surface area (Å²) in [5.41, 5.74) is -0.953. The lowest BCUT2D eigenvalue weighted by Crippen LogP contribution is -2.60. The number of benzene rings is 2. The van der Waals surface area contributed by atoms with E-state index in [4.69, 9.17) is 18.6 Å². The number of carbonyl (C=O) groups excluding carboxylic acids is 1. The number of rotatable bonds is 5. The Labute approximate surface area is 185 Å². The third-order valence-corrected chi connectivity index (χ3v) is 5.11. The Balaban J connectivity index is 1.60. The molecule has 4 rings (SSSR count). The molecule has 0 bridgehead atoms. The van der Waals surface area contributed by atoms with Gasteiger partial charge in [0.2, 0.25) is 6.29 Å². The van der Waals surface area contributed by atoms with E-state index in [0.29, 0.717) is 5.56 Å². The van der Waals surface area contributed by atoms with Crippen LogP contribution >= 0.6 is 0 Å². The minimum absolute atomic E-state index is 0.0219. The van der Waals surface area contributed by atoms with Crippen LogP contribution in [0.2, 0.25) is 0 Å². The Morgan fingerprint density at radius 3 is 2.42 bits per heavy atom. The zero-order chi connectivity index (χ0) is 23.7. The molecule has 174 valence electrons. The highest BCUT2D eigenvalue weighted by atomic mass is 16.7. The van der Waals surface area contributed by atoms with Gasteiger partial charge in [-0.25, -0.2) is 9.59 Å². The van der Waals surface area contributed by atoms with Gasteiger partial charge in [0.05, 0.1) is 17.6 Å². The van der Waals surface area contributed by atoms with Gasteiger partial charge in [-0.2, -0.15) is 0 Å². The Morgan fingerprint density at radius 1 is 1.00 bits per heavy atom. The van der Waals surface area contributed by atoms with Gasteiger partial charge in [0.25, 0.3) is 5.75 Å². The van der Waals surface area contributed by atoms with Gasteiger partial charge in [-0.05, 0) is 24.3 Å². The minimum atomic E-state index is -1.79. The predicted octanol–water partition coefficient (Wildman–Crippen LogP) is -0.104. The Kier molecular flexibility index (Phi) is 6.31. The zero-order valence-corrected chi connectivity index (χ0v) is 16.9. The molecule has 1 saturated heterocycles. The van der Waals surface area contributed by atoms with E-state index in [0.717, 1.165) is 0 Å². The predicted molar refractivity (Wildman–Crippen MR) is 110 cm³/mol. The maximum absolute atomic E-state index is 12.4. The minimum Gasteiger partial charge on any atom is -0.504 e. The van der Waals surface area contributed by atoms with Crippen LogP contribution in [0.3, 0.4) is 0 Å². The second kappa shape index (κ2) is 9.17. The van der Waals surface area contributed by atoms with Gasteiger partial charge in [-0.15, -0.1) is 0 Å². The molecule has 1 fully saturated rings. The van der Waals surface area contributed by atoms with Gasteiger partial charge in [0.15, 0.2) is 5.75 Å². The summed E-state index contributed by atoms with van der Waals surface area (Å²) in [7, 11) is 0. The summed E-state index contributed by atoms with van der Waals surface area (Å²) in [6.45, 7) is -0.701. The van der Waals surface area contributed by atoms with Crippen molar-refractivity contribution < 1.29 is 49.0 Å². The van der Waals surface area contributed by atoms with Gasteiger partial charge in [0.1, 0.15) is 35.7 Å². The van der Waals surface area contributed by atoms with Crippen molar-refractivity contribution in [3.63, 3.8) is 0 Å². The Morgan fingerprint density at radius 2 is 1.73 bits per heavy atom. The second-order valence-corrected chi connectivity index (χ2v) is 7.30. The molecule has 0 unspecified atom stereocenters. The molecule has 33 heavy (non-hydrogen) atoms. The normalized spacial score (nSPS) is 25.0. The molecule has 11 nitrogen and oxygen atoms in total. The van der Waals surface area contributed by atoms with Crippen LogP contribution in [0, 0.1) is 0 Å². The molecular weight excluding hydrogens is 440 g/mol. The average molecular weight is 460 g/mol. The van der Waals surface area contributed by atoms with Crippen molar-refractivity contribution in [3.05, 3.63) is 64.5 Å². The van der Waals surface area contributed by atoms with Gasteiger partial charge >= 0.3 is 11.6 Å². The lowest BCUT2D eigenvalue weighted by Gasteiger charge is -2.39. The van der Waals surface area contributed by atoms with Crippen molar-refractivity contribution in [2.24, 2.45) is 0 Å². The molecule has 1 aliphatic rings. The molecule has 0 spiro atoms. The molecule has 5 atom stereocenters. The van der Waals surface area contributed by atoms with E-state index in [1.54, 1.807) is 30.3 Å². The molecule has 5 N–H and O–H groups in total. The van der Waals surface area contributed by atoms with E-state index in [-0.39, 0.29) is 16.7 Å². The summed E-state index contributed by atoms with van der Waals surface area (Å²) in [6, 6.07) is 12.1. The molecule has 11 heteroatoms. The number of ether oxygens (including phenoxy) is 3. The lowest BCUT2D eigenvalue weighted by molar-refractivity contribution is -0.278. The van der Waals surface area contributed by atoms with Crippen LogP contribution in [0.5, 0.6) is 17.2 Å². The lowest BCUT2D eigenvalue weighted by atomic mass is 9.99. The van der Waals surface area contributed by atoms with Crippen molar-refractivity contribution in [2.75, 3.05) is 6.61 Å². The van der Waals surface area contributed by atoms with E-state index < -0.39 is 60.4 Å². The molecule has 0 radical (unpaired) electrons. The fourth-order valence-electron chi connectivity index (χ4n) is 3.34. The fourth-order valence-corrected chi connectivity index (χ4v) is 3.34. The quantitative estimate of drug-likeness (QED) is 0.195. The summed E-state index contributed by atoms with van der Waals surface area (Å²) in [5.74, 6) is -1.95. The van der Waals surface area contributed by atoms with E-state index in [1.165, 1.54) is 18.2 Å². The van der Waals surface area contributed by atoms with Crippen molar-refractivity contribution in [2.45, 2.75) is 30.7 Å². The number of aliphatic hydroxyl groups is 4. The van der Waals surface area contributed by atoms with E-state index in [1.807, 2.05) is 0 Å². The number of aliphatic hydroxyl groups excluding tert-OH is 4. The van der Waals surface area contributed by atoms with Crippen LogP contribution in [0.4, 0.5) is 0 Å². The molecule has 1 aliphatic heterocycles.